The number of nitrogens with zero attached hydrogens (tertiary/aromatic N) is 2. The summed E-state index contributed by atoms with van der Waals surface area (Å²) in [6.45, 7) is 3.86. The molecule has 1 heterocycles. The summed E-state index contributed by atoms with van der Waals surface area (Å²) in [5, 5.41) is 7.42. The molecule has 5 heteroatoms. The summed E-state index contributed by atoms with van der Waals surface area (Å²) in [6.07, 6.45) is 1.10. The van der Waals surface area contributed by atoms with Crippen molar-refractivity contribution in [3.8, 4) is 11.3 Å². The highest BCUT2D eigenvalue weighted by molar-refractivity contribution is 7.05. The van der Waals surface area contributed by atoms with Crippen LogP contribution in [0, 0.1) is 5.82 Å². The molecule has 0 atom stereocenters. The van der Waals surface area contributed by atoms with Crippen LogP contribution in [-0.4, -0.2) is 16.1 Å². The van der Waals surface area contributed by atoms with Crippen LogP contribution in [0.25, 0.3) is 11.3 Å². The van der Waals surface area contributed by atoms with E-state index in [-0.39, 0.29) is 5.82 Å². The molecule has 3 nitrogen and oxygen atoms in total. The van der Waals surface area contributed by atoms with Gasteiger partial charge in [-0.3, -0.25) is 0 Å². The summed E-state index contributed by atoms with van der Waals surface area (Å²) in [5.74, 6) is -0.234. The van der Waals surface area contributed by atoms with Crippen LogP contribution in [0.2, 0.25) is 0 Å². The zero-order valence-corrected chi connectivity index (χ0v) is 10.4. The van der Waals surface area contributed by atoms with E-state index in [1.165, 1.54) is 23.7 Å². The van der Waals surface area contributed by atoms with Crippen LogP contribution in [0.15, 0.2) is 24.3 Å². The van der Waals surface area contributed by atoms with Gasteiger partial charge in [-0.15, -0.1) is 5.10 Å². The molecule has 0 aliphatic heterocycles. The first-order chi connectivity index (χ1) is 8.31. The van der Waals surface area contributed by atoms with Crippen molar-refractivity contribution >= 4 is 11.5 Å². The molecule has 1 N–H and O–H groups in total. The van der Waals surface area contributed by atoms with Crippen LogP contribution < -0.4 is 5.32 Å². The Balaban J connectivity index is 2.15. The molecule has 2 rings (SSSR count). The predicted molar refractivity (Wildman–Crippen MR) is 67.3 cm³/mol. The Kier molecular flexibility index (Phi) is 4.17. The van der Waals surface area contributed by atoms with Crippen molar-refractivity contribution in [1.29, 1.82) is 0 Å². The third-order valence-electron chi connectivity index (χ3n) is 2.39. The maximum absolute atomic E-state index is 12.8. The second-order valence-electron chi connectivity index (χ2n) is 3.73. The van der Waals surface area contributed by atoms with Gasteiger partial charge in [0.05, 0.1) is 4.88 Å². The van der Waals surface area contributed by atoms with Gasteiger partial charge in [0, 0.05) is 12.1 Å². The van der Waals surface area contributed by atoms with E-state index in [9.17, 15) is 4.39 Å². The van der Waals surface area contributed by atoms with E-state index < -0.39 is 0 Å². The topological polar surface area (TPSA) is 37.8 Å². The standard InChI is InChI=1S/C12H14FN3S/c1-2-7-14-8-11-12(15-16-17-11)9-3-5-10(13)6-4-9/h3-6,14H,2,7-8H2,1H3. The maximum atomic E-state index is 12.8. The quantitative estimate of drug-likeness (QED) is 0.830. The van der Waals surface area contributed by atoms with Gasteiger partial charge in [0.1, 0.15) is 11.5 Å². The van der Waals surface area contributed by atoms with Crippen molar-refractivity contribution in [2.75, 3.05) is 6.54 Å². The number of benzene rings is 1. The molecule has 2 aromatic rings. The Bertz CT molecular complexity index is 467. The molecular weight excluding hydrogens is 237 g/mol. The lowest BCUT2D eigenvalue weighted by atomic mass is 10.1. The van der Waals surface area contributed by atoms with Crippen molar-refractivity contribution in [3.63, 3.8) is 0 Å². The van der Waals surface area contributed by atoms with E-state index in [4.69, 9.17) is 0 Å². The molecule has 0 bridgehead atoms. The van der Waals surface area contributed by atoms with E-state index in [1.54, 1.807) is 12.1 Å². The molecule has 0 fully saturated rings. The highest BCUT2D eigenvalue weighted by Crippen LogP contribution is 2.23. The Morgan fingerprint density at radius 2 is 2.06 bits per heavy atom. The van der Waals surface area contributed by atoms with E-state index in [0.29, 0.717) is 0 Å². The van der Waals surface area contributed by atoms with Gasteiger partial charge in [0.2, 0.25) is 0 Å². The molecular formula is C12H14FN3S. The molecule has 0 unspecified atom stereocenters. The van der Waals surface area contributed by atoms with Crippen molar-refractivity contribution in [2.24, 2.45) is 0 Å². The average Bonchev–Trinajstić information content (AvgIpc) is 2.79. The molecule has 0 aliphatic rings. The molecule has 0 saturated carbocycles. The normalized spacial score (nSPS) is 10.7. The Morgan fingerprint density at radius 3 is 2.76 bits per heavy atom. The van der Waals surface area contributed by atoms with E-state index in [2.05, 4.69) is 21.8 Å². The summed E-state index contributed by atoms with van der Waals surface area (Å²) in [5.41, 5.74) is 1.76. The first-order valence-corrected chi connectivity index (χ1v) is 6.36. The zero-order valence-electron chi connectivity index (χ0n) is 9.61. The highest BCUT2D eigenvalue weighted by atomic mass is 32.1. The van der Waals surface area contributed by atoms with Gasteiger partial charge in [-0.2, -0.15) is 0 Å². The van der Waals surface area contributed by atoms with Gasteiger partial charge >= 0.3 is 0 Å². The van der Waals surface area contributed by atoms with Crippen molar-refractivity contribution < 1.29 is 4.39 Å². The number of rotatable bonds is 5. The Labute approximate surface area is 104 Å². The third-order valence-corrected chi connectivity index (χ3v) is 3.11. The molecule has 90 valence electrons. The van der Waals surface area contributed by atoms with Crippen molar-refractivity contribution in [3.05, 3.63) is 35.0 Å². The lowest BCUT2D eigenvalue weighted by molar-refractivity contribution is 0.628. The number of nitrogens with one attached hydrogen (secondary N) is 1. The van der Waals surface area contributed by atoms with E-state index >= 15 is 0 Å². The summed E-state index contributed by atoms with van der Waals surface area (Å²) in [4.78, 5) is 1.09. The summed E-state index contributed by atoms with van der Waals surface area (Å²) in [7, 11) is 0. The number of aromatic nitrogens is 2. The third kappa shape index (κ3) is 3.08. The molecule has 0 radical (unpaired) electrons. The van der Waals surface area contributed by atoms with Crippen molar-refractivity contribution in [1.82, 2.24) is 14.9 Å². The highest BCUT2D eigenvalue weighted by Gasteiger charge is 2.09. The molecule has 0 saturated heterocycles. The fraction of sp³-hybridized carbons (Fsp3) is 0.333. The zero-order chi connectivity index (χ0) is 12.1. The minimum Gasteiger partial charge on any atom is -0.312 e. The smallest absolute Gasteiger partial charge is 0.123 e. The second-order valence-corrected chi connectivity index (χ2v) is 4.57. The van der Waals surface area contributed by atoms with Crippen molar-refractivity contribution in [2.45, 2.75) is 19.9 Å². The van der Waals surface area contributed by atoms with E-state index in [0.717, 1.165) is 35.6 Å². The van der Waals surface area contributed by atoms with Gasteiger partial charge in [0.15, 0.2) is 0 Å². The number of hydrogen-bond donors (Lipinski definition) is 1. The lowest BCUT2D eigenvalue weighted by Crippen LogP contribution is -2.13. The first-order valence-electron chi connectivity index (χ1n) is 5.59. The van der Waals surface area contributed by atoms with Gasteiger partial charge in [-0.1, -0.05) is 11.4 Å². The molecule has 1 aromatic carbocycles. The first kappa shape index (κ1) is 12.1. The van der Waals surface area contributed by atoms with Crippen LogP contribution in [0.4, 0.5) is 4.39 Å². The van der Waals surface area contributed by atoms with Crippen LogP contribution in [0.1, 0.15) is 18.2 Å². The van der Waals surface area contributed by atoms with Crippen LogP contribution >= 0.6 is 11.5 Å². The average molecular weight is 251 g/mol. The lowest BCUT2D eigenvalue weighted by Gasteiger charge is -2.02. The molecule has 0 amide bonds. The maximum Gasteiger partial charge on any atom is 0.123 e. The molecule has 17 heavy (non-hydrogen) atoms. The van der Waals surface area contributed by atoms with Crippen LogP contribution in [0.5, 0.6) is 0 Å². The molecule has 1 aromatic heterocycles. The fourth-order valence-corrected chi connectivity index (χ4v) is 2.16. The largest absolute Gasteiger partial charge is 0.312 e. The summed E-state index contributed by atoms with van der Waals surface area (Å²) >= 11 is 1.38. The van der Waals surface area contributed by atoms with Gasteiger partial charge in [-0.25, -0.2) is 4.39 Å². The monoisotopic (exact) mass is 251 g/mol. The van der Waals surface area contributed by atoms with Crippen LogP contribution in [-0.2, 0) is 6.54 Å². The van der Waals surface area contributed by atoms with Gasteiger partial charge < -0.3 is 5.32 Å². The fourth-order valence-electron chi connectivity index (χ4n) is 1.53. The van der Waals surface area contributed by atoms with Gasteiger partial charge in [-0.05, 0) is 48.8 Å². The second kappa shape index (κ2) is 5.84. The summed E-state index contributed by atoms with van der Waals surface area (Å²) < 4.78 is 16.8. The minimum atomic E-state index is -0.234. The molecule has 0 spiro atoms. The SMILES string of the molecule is CCCNCc1snnc1-c1ccc(F)cc1. The number of hydrogen-bond acceptors (Lipinski definition) is 4. The number of halogens is 1. The molecule has 0 aliphatic carbocycles. The Morgan fingerprint density at radius 1 is 1.29 bits per heavy atom. The van der Waals surface area contributed by atoms with Crippen LogP contribution in [0.3, 0.4) is 0 Å². The minimum absolute atomic E-state index is 0.234. The van der Waals surface area contributed by atoms with Gasteiger partial charge in [0.25, 0.3) is 0 Å². The predicted octanol–water partition coefficient (Wildman–Crippen LogP) is 2.84. The van der Waals surface area contributed by atoms with E-state index in [1.807, 2.05) is 0 Å². The Hall–Kier alpha value is -1.33. The summed E-state index contributed by atoms with van der Waals surface area (Å²) in [6, 6.07) is 6.35.